The van der Waals surface area contributed by atoms with Crippen LogP contribution in [0.25, 0.3) is 0 Å². The summed E-state index contributed by atoms with van der Waals surface area (Å²) in [7, 11) is 1.60. The maximum atomic E-state index is 12.0. The van der Waals surface area contributed by atoms with Gasteiger partial charge in [0.2, 0.25) is 5.91 Å². The van der Waals surface area contributed by atoms with E-state index in [9.17, 15) is 9.90 Å². The van der Waals surface area contributed by atoms with E-state index in [1.165, 1.54) is 12.8 Å². The van der Waals surface area contributed by atoms with Crippen molar-refractivity contribution in [3.63, 3.8) is 0 Å². The van der Waals surface area contributed by atoms with Crippen LogP contribution in [0.2, 0.25) is 0 Å². The maximum absolute atomic E-state index is 12.0. The van der Waals surface area contributed by atoms with Crippen molar-refractivity contribution in [2.45, 2.75) is 37.8 Å². The molecule has 0 spiro atoms. The molecular weight excluding hydrogens is 270 g/mol. The second-order valence-electron chi connectivity index (χ2n) is 6.23. The van der Waals surface area contributed by atoms with Crippen LogP contribution in [0.15, 0.2) is 0 Å². The van der Waals surface area contributed by atoms with Crippen LogP contribution < -0.4 is 5.32 Å². The van der Waals surface area contributed by atoms with Gasteiger partial charge in [-0.25, -0.2) is 0 Å². The molecule has 21 heavy (non-hydrogen) atoms. The topological polar surface area (TPSA) is 65.0 Å². The summed E-state index contributed by atoms with van der Waals surface area (Å²) in [6, 6.07) is 0.406. The van der Waals surface area contributed by atoms with Crippen molar-refractivity contribution in [3.05, 3.63) is 0 Å². The average Bonchev–Trinajstić information content (AvgIpc) is 2.94. The first-order valence-electron chi connectivity index (χ1n) is 8.08. The number of hydrogen-bond donors (Lipinski definition) is 2. The summed E-state index contributed by atoms with van der Waals surface area (Å²) < 4.78 is 4.94. The Kier molecular flexibility index (Phi) is 6.89. The van der Waals surface area contributed by atoms with Crippen molar-refractivity contribution in [2.24, 2.45) is 0 Å². The second-order valence-corrected chi connectivity index (χ2v) is 6.23. The van der Waals surface area contributed by atoms with Gasteiger partial charge in [-0.3, -0.25) is 14.6 Å². The number of carbonyl (C=O) groups excluding carboxylic acids is 1. The summed E-state index contributed by atoms with van der Waals surface area (Å²) in [6.07, 6.45) is 4.33. The molecule has 1 heterocycles. The third-order valence-corrected chi connectivity index (χ3v) is 4.38. The predicted octanol–water partition coefficient (Wildman–Crippen LogP) is -0.330. The monoisotopic (exact) mass is 299 g/mol. The van der Waals surface area contributed by atoms with Gasteiger partial charge in [-0.2, -0.15) is 0 Å². The van der Waals surface area contributed by atoms with Crippen LogP contribution in [-0.2, 0) is 9.53 Å². The molecule has 0 unspecified atom stereocenters. The van der Waals surface area contributed by atoms with Gasteiger partial charge >= 0.3 is 0 Å². The Morgan fingerprint density at radius 3 is 2.48 bits per heavy atom. The lowest BCUT2D eigenvalue weighted by Gasteiger charge is -2.35. The first-order valence-corrected chi connectivity index (χ1v) is 8.08. The van der Waals surface area contributed by atoms with Gasteiger partial charge in [-0.15, -0.1) is 0 Å². The molecule has 1 saturated heterocycles. The smallest absolute Gasteiger partial charge is 0.234 e. The Balaban J connectivity index is 1.60. The molecular formula is C15H29N3O3. The number of carbonyl (C=O) groups is 1. The average molecular weight is 299 g/mol. The standard InChI is InChI=1S/C15H29N3O3/c1-21-12-14(19)10-17-6-8-18(9-7-17)11-15(20)16-13-4-2-3-5-13/h13-14,19H,2-12H2,1H3,(H,16,20)/t14-/m0/s1. The van der Waals surface area contributed by atoms with Crippen LogP contribution in [0.5, 0.6) is 0 Å². The summed E-state index contributed by atoms with van der Waals surface area (Å²) in [5, 5.41) is 12.9. The minimum absolute atomic E-state index is 0.162. The summed E-state index contributed by atoms with van der Waals surface area (Å²) in [5.41, 5.74) is 0. The van der Waals surface area contributed by atoms with E-state index in [1.807, 2.05) is 0 Å². The molecule has 6 nitrogen and oxygen atoms in total. The molecule has 2 N–H and O–H groups in total. The molecule has 0 aromatic heterocycles. The summed E-state index contributed by atoms with van der Waals surface area (Å²) in [5.74, 6) is 0.162. The Morgan fingerprint density at radius 1 is 1.24 bits per heavy atom. The zero-order valence-corrected chi connectivity index (χ0v) is 13.1. The zero-order chi connectivity index (χ0) is 15.1. The van der Waals surface area contributed by atoms with Crippen LogP contribution in [0, 0.1) is 0 Å². The van der Waals surface area contributed by atoms with Crippen LogP contribution in [-0.4, -0.2) is 85.9 Å². The number of nitrogens with zero attached hydrogens (tertiary/aromatic N) is 2. The molecule has 1 saturated carbocycles. The number of ether oxygens (including phenoxy) is 1. The van der Waals surface area contributed by atoms with E-state index in [4.69, 9.17) is 4.74 Å². The molecule has 2 aliphatic rings. The van der Waals surface area contributed by atoms with Crippen molar-refractivity contribution < 1.29 is 14.6 Å². The highest BCUT2D eigenvalue weighted by Crippen LogP contribution is 2.17. The normalized spacial score (nSPS) is 23.3. The number of nitrogens with one attached hydrogen (secondary N) is 1. The molecule has 0 aromatic rings. The third kappa shape index (κ3) is 5.90. The number of β-amino-alcohol motifs (C(OH)–C–C–N with tert-alkyl or cyclic N) is 1. The molecule has 122 valence electrons. The van der Waals surface area contributed by atoms with E-state index in [-0.39, 0.29) is 5.91 Å². The van der Waals surface area contributed by atoms with Gasteiger partial charge in [0, 0.05) is 45.9 Å². The Bertz CT molecular complexity index is 313. The number of aliphatic hydroxyl groups is 1. The summed E-state index contributed by atoms with van der Waals surface area (Å²) in [6.45, 7) is 5.11. The number of amides is 1. The molecule has 0 bridgehead atoms. The minimum atomic E-state index is -0.424. The maximum Gasteiger partial charge on any atom is 0.234 e. The van der Waals surface area contributed by atoms with Crippen molar-refractivity contribution in [3.8, 4) is 0 Å². The van der Waals surface area contributed by atoms with E-state index < -0.39 is 6.10 Å². The molecule has 1 amide bonds. The predicted molar refractivity (Wildman–Crippen MR) is 81.2 cm³/mol. The van der Waals surface area contributed by atoms with Crippen molar-refractivity contribution >= 4 is 5.91 Å². The van der Waals surface area contributed by atoms with Crippen LogP contribution in [0.3, 0.4) is 0 Å². The fourth-order valence-corrected chi connectivity index (χ4v) is 3.22. The molecule has 1 atom stereocenters. The summed E-state index contributed by atoms with van der Waals surface area (Å²) >= 11 is 0. The highest BCUT2D eigenvalue weighted by Gasteiger charge is 2.22. The van der Waals surface area contributed by atoms with Gasteiger partial charge in [0.25, 0.3) is 0 Å². The lowest BCUT2D eigenvalue weighted by molar-refractivity contribution is -0.123. The van der Waals surface area contributed by atoms with E-state index in [2.05, 4.69) is 15.1 Å². The fraction of sp³-hybridized carbons (Fsp3) is 0.933. The quantitative estimate of drug-likeness (QED) is 0.674. The Labute approximate surface area is 127 Å². The first-order chi connectivity index (χ1) is 10.2. The molecule has 2 rings (SSSR count). The second kappa shape index (κ2) is 8.68. The molecule has 0 aromatic carbocycles. The number of piperazine rings is 1. The zero-order valence-electron chi connectivity index (χ0n) is 13.1. The SMILES string of the molecule is COC[C@@H](O)CN1CCN(CC(=O)NC2CCCC2)CC1. The third-order valence-electron chi connectivity index (χ3n) is 4.38. The number of methoxy groups -OCH3 is 1. The minimum Gasteiger partial charge on any atom is -0.389 e. The highest BCUT2D eigenvalue weighted by atomic mass is 16.5. The van der Waals surface area contributed by atoms with E-state index in [0.29, 0.717) is 25.7 Å². The van der Waals surface area contributed by atoms with Gasteiger partial charge in [0.1, 0.15) is 0 Å². The van der Waals surface area contributed by atoms with E-state index in [0.717, 1.165) is 39.0 Å². The first kappa shape index (κ1) is 16.7. The van der Waals surface area contributed by atoms with Crippen LogP contribution in [0.4, 0.5) is 0 Å². The van der Waals surface area contributed by atoms with Crippen molar-refractivity contribution in [2.75, 3.05) is 53.0 Å². The van der Waals surface area contributed by atoms with Gasteiger partial charge in [-0.1, -0.05) is 12.8 Å². The summed E-state index contributed by atoms with van der Waals surface area (Å²) in [4.78, 5) is 16.4. The Morgan fingerprint density at radius 2 is 1.86 bits per heavy atom. The lowest BCUT2D eigenvalue weighted by atomic mass is 10.2. The number of rotatable bonds is 7. The van der Waals surface area contributed by atoms with E-state index in [1.54, 1.807) is 7.11 Å². The molecule has 6 heteroatoms. The number of aliphatic hydroxyl groups excluding tert-OH is 1. The molecule has 1 aliphatic carbocycles. The van der Waals surface area contributed by atoms with Gasteiger partial charge in [-0.05, 0) is 12.8 Å². The van der Waals surface area contributed by atoms with Gasteiger partial charge in [0.05, 0.1) is 19.3 Å². The highest BCUT2D eigenvalue weighted by molar-refractivity contribution is 5.78. The fourth-order valence-electron chi connectivity index (χ4n) is 3.22. The van der Waals surface area contributed by atoms with E-state index >= 15 is 0 Å². The van der Waals surface area contributed by atoms with Crippen molar-refractivity contribution in [1.82, 2.24) is 15.1 Å². The Hall–Kier alpha value is -0.690. The molecule has 2 fully saturated rings. The number of hydrogen-bond acceptors (Lipinski definition) is 5. The lowest BCUT2D eigenvalue weighted by Crippen LogP contribution is -2.51. The van der Waals surface area contributed by atoms with Crippen LogP contribution in [0.1, 0.15) is 25.7 Å². The van der Waals surface area contributed by atoms with Crippen molar-refractivity contribution in [1.29, 1.82) is 0 Å². The van der Waals surface area contributed by atoms with Gasteiger partial charge in [0.15, 0.2) is 0 Å². The molecule has 0 radical (unpaired) electrons. The molecule has 1 aliphatic heterocycles. The van der Waals surface area contributed by atoms with Crippen LogP contribution >= 0.6 is 0 Å². The largest absolute Gasteiger partial charge is 0.389 e. The van der Waals surface area contributed by atoms with Gasteiger partial charge < -0.3 is 15.2 Å².